The number of aliphatic carboxylic acids is 1. The number of methoxy groups -OCH3 is 1. The largest absolute Gasteiger partial charge is 0.490 e. The molecule has 23 heavy (non-hydrogen) atoms. The van der Waals surface area contributed by atoms with Crippen LogP contribution in [0.3, 0.4) is 0 Å². The molecule has 0 fully saturated rings. The highest BCUT2D eigenvalue weighted by Gasteiger charge is 2.15. The van der Waals surface area contributed by atoms with Crippen LogP contribution in [0.25, 0.3) is 0 Å². The Morgan fingerprint density at radius 1 is 1.43 bits per heavy atom. The molecule has 0 atom stereocenters. The Balaban J connectivity index is 2.38. The van der Waals surface area contributed by atoms with Gasteiger partial charge in [0.05, 0.1) is 17.8 Å². The molecule has 0 heterocycles. The van der Waals surface area contributed by atoms with Crippen LogP contribution in [0.4, 0.5) is 5.69 Å². The number of nitro groups is 1. The Hall–Kier alpha value is -2.29. The van der Waals surface area contributed by atoms with E-state index in [-0.39, 0.29) is 29.5 Å². The second kappa shape index (κ2) is 9.67. The summed E-state index contributed by atoms with van der Waals surface area (Å²) in [5, 5.41) is 22.0. The fraction of sp³-hybridized carbons (Fsp3) is 0.429. The van der Waals surface area contributed by atoms with Gasteiger partial charge < -0.3 is 15.2 Å². The number of nitrogens with one attached hydrogen (secondary N) is 1. The fourth-order valence-electron chi connectivity index (χ4n) is 1.75. The van der Waals surface area contributed by atoms with Crippen LogP contribution in [0.15, 0.2) is 18.2 Å². The van der Waals surface area contributed by atoms with E-state index in [0.29, 0.717) is 18.7 Å². The number of carboxylic acid groups (broad SMARTS) is 1. The smallest absolute Gasteiger partial charge is 0.311 e. The Morgan fingerprint density at radius 2 is 2.17 bits per heavy atom. The lowest BCUT2D eigenvalue weighted by Gasteiger charge is -2.06. The molecule has 1 rings (SSSR count). The van der Waals surface area contributed by atoms with E-state index >= 15 is 0 Å². The number of carbonyl (C=O) groups excluding carboxylic acids is 1. The highest BCUT2D eigenvalue weighted by atomic mass is 32.2. The molecule has 2 N–H and O–H groups in total. The number of amides is 1. The molecule has 0 saturated carbocycles. The Kier molecular flexibility index (Phi) is 7.89. The van der Waals surface area contributed by atoms with Gasteiger partial charge >= 0.3 is 11.7 Å². The van der Waals surface area contributed by atoms with Gasteiger partial charge in [0.15, 0.2) is 5.75 Å². The number of carbonyl (C=O) groups is 2. The normalized spacial score (nSPS) is 10.1. The van der Waals surface area contributed by atoms with Crippen molar-refractivity contribution in [1.82, 2.24) is 5.32 Å². The third-order valence-electron chi connectivity index (χ3n) is 2.83. The van der Waals surface area contributed by atoms with Gasteiger partial charge in [-0.05, 0) is 18.1 Å². The van der Waals surface area contributed by atoms with Crippen molar-refractivity contribution < 1.29 is 24.4 Å². The molecule has 0 spiro atoms. The maximum atomic E-state index is 11.5. The summed E-state index contributed by atoms with van der Waals surface area (Å²) in [4.78, 5) is 32.3. The maximum absolute atomic E-state index is 11.5. The first-order chi connectivity index (χ1) is 10.9. The molecule has 0 unspecified atom stereocenters. The molecule has 8 nitrogen and oxygen atoms in total. The van der Waals surface area contributed by atoms with Gasteiger partial charge in [0.25, 0.3) is 0 Å². The average Bonchev–Trinajstić information content (AvgIpc) is 2.51. The summed E-state index contributed by atoms with van der Waals surface area (Å²) < 4.78 is 4.92. The van der Waals surface area contributed by atoms with Gasteiger partial charge in [0.1, 0.15) is 0 Å². The standard InChI is InChI=1S/C14H18N2O6S/c1-22-12-5-4-10(7-11(12)16(20)21)8-23-9-13(17)15-6-2-3-14(18)19/h4-5,7H,2-3,6,8-9H2,1H3,(H,15,17)(H,18,19). The van der Waals surface area contributed by atoms with Gasteiger partial charge in [-0.15, -0.1) is 11.8 Å². The van der Waals surface area contributed by atoms with Crippen molar-refractivity contribution in [2.75, 3.05) is 19.4 Å². The summed E-state index contributed by atoms with van der Waals surface area (Å²) in [5.74, 6) is -0.238. The number of benzene rings is 1. The summed E-state index contributed by atoms with van der Waals surface area (Å²) in [6.07, 6.45) is 0.402. The van der Waals surface area contributed by atoms with Crippen molar-refractivity contribution in [3.8, 4) is 5.75 Å². The topological polar surface area (TPSA) is 119 Å². The molecule has 1 aromatic carbocycles. The van der Waals surface area contributed by atoms with E-state index in [1.165, 1.54) is 31.0 Å². The first-order valence-electron chi connectivity index (χ1n) is 6.81. The van der Waals surface area contributed by atoms with Crippen molar-refractivity contribution in [2.45, 2.75) is 18.6 Å². The molecule has 0 aliphatic rings. The zero-order chi connectivity index (χ0) is 17.2. The molecule has 1 amide bonds. The van der Waals surface area contributed by atoms with Crippen LogP contribution in [0, 0.1) is 10.1 Å². The first kappa shape index (κ1) is 18.8. The minimum atomic E-state index is -0.894. The van der Waals surface area contributed by atoms with E-state index in [2.05, 4.69) is 5.32 Å². The van der Waals surface area contributed by atoms with Gasteiger partial charge in [-0.3, -0.25) is 19.7 Å². The summed E-state index contributed by atoms with van der Waals surface area (Å²) in [6.45, 7) is 0.319. The van der Waals surface area contributed by atoms with Crippen LogP contribution in [0.1, 0.15) is 18.4 Å². The quantitative estimate of drug-likeness (QED) is 0.378. The predicted octanol–water partition coefficient (Wildman–Crippen LogP) is 1.82. The van der Waals surface area contributed by atoms with Crippen LogP contribution in [0.5, 0.6) is 5.75 Å². The van der Waals surface area contributed by atoms with E-state index in [0.717, 1.165) is 5.56 Å². The van der Waals surface area contributed by atoms with Crippen molar-refractivity contribution in [3.05, 3.63) is 33.9 Å². The maximum Gasteiger partial charge on any atom is 0.311 e. The van der Waals surface area contributed by atoms with Crippen LogP contribution < -0.4 is 10.1 Å². The van der Waals surface area contributed by atoms with E-state index < -0.39 is 10.9 Å². The van der Waals surface area contributed by atoms with E-state index in [4.69, 9.17) is 9.84 Å². The van der Waals surface area contributed by atoms with E-state index in [1.54, 1.807) is 6.07 Å². The molecule has 0 aliphatic heterocycles. The third kappa shape index (κ3) is 7.00. The number of ether oxygens (including phenoxy) is 1. The minimum absolute atomic E-state index is 0.0168. The molecule has 0 bridgehead atoms. The number of nitrogens with zero attached hydrogens (tertiary/aromatic N) is 1. The lowest BCUT2D eigenvalue weighted by Crippen LogP contribution is -2.26. The molecular formula is C14H18N2O6S. The van der Waals surface area contributed by atoms with Crippen LogP contribution in [-0.2, 0) is 15.3 Å². The van der Waals surface area contributed by atoms with Crippen molar-refractivity contribution in [2.24, 2.45) is 0 Å². The summed E-state index contributed by atoms with van der Waals surface area (Å²) in [5.41, 5.74) is 0.616. The molecular weight excluding hydrogens is 324 g/mol. The second-order valence-electron chi connectivity index (χ2n) is 4.60. The molecule has 126 valence electrons. The number of rotatable bonds is 10. The lowest BCUT2D eigenvalue weighted by molar-refractivity contribution is -0.385. The highest BCUT2D eigenvalue weighted by molar-refractivity contribution is 7.99. The molecule has 0 aromatic heterocycles. The van der Waals surface area contributed by atoms with Gasteiger partial charge in [-0.25, -0.2) is 0 Å². The van der Waals surface area contributed by atoms with E-state index in [1.807, 2.05) is 0 Å². The number of hydrogen-bond acceptors (Lipinski definition) is 6. The Morgan fingerprint density at radius 3 is 2.78 bits per heavy atom. The molecule has 0 aliphatic carbocycles. The number of thioether (sulfide) groups is 1. The van der Waals surface area contributed by atoms with Gasteiger partial charge in [-0.2, -0.15) is 0 Å². The first-order valence-corrected chi connectivity index (χ1v) is 7.97. The second-order valence-corrected chi connectivity index (χ2v) is 5.59. The van der Waals surface area contributed by atoms with Gasteiger partial charge in [-0.1, -0.05) is 6.07 Å². The van der Waals surface area contributed by atoms with Crippen LogP contribution >= 0.6 is 11.8 Å². The van der Waals surface area contributed by atoms with E-state index in [9.17, 15) is 19.7 Å². The zero-order valence-corrected chi connectivity index (χ0v) is 13.4. The Bertz CT molecular complexity index is 578. The SMILES string of the molecule is COc1ccc(CSCC(=O)NCCCC(=O)O)cc1[N+](=O)[O-]. The number of carboxylic acids is 1. The molecule has 0 saturated heterocycles. The minimum Gasteiger partial charge on any atom is -0.490 e. The monoisotopic (exact) mass is 342 g/mol. The average molecular weight is 342 g/mol. The zero-order valence-electron chi connectivity index (χ0n) is 12.6. The summed E-state index contributed by atoms with van der Waals surface area (Å²) >= 11 is 1.32. The lowest BCUT2D eigenvalue weighted by atomic mass is 10.2. The summed E-state index contributed by atoms with van der Waals surface area (Å²) in [6, 6.07) is 4.67. The van der Waals surface area contributed by atoms with Crippen molar-refractivity contribution in [1.29, 1.82) is 0 Å². The van der Waals surface area contributed by atoms with Crippen molar-refractivity contribution in [3.63, 3.8) is 0 Å². The highest BCUT2D eigenvalue weighted by Crippen LogP contribution is 2.28. The number of nitro benzene ring substituents is 1. The molecule has 0 radical (unpaired) electrons. The van der Waals surface area contributed by atoms with Crippen LogP contribution in [0.2, 0.25) is 0 Å². The third-order valence-corrected chi connectivity index (χ3v) is 3.84. The number of hydrogen-bond donors (Lipinski definition) is 2. The van der Waals surface area contributed by atoms with Crippen LogP contribution in [-0.4, -0.2) is 41.3 Å². The predicted molar refractivity (Wildman–Crippen MR) is 85.7 cm³/mol. The van der Waals surface area contributed by atoms with Gasteiger partial charge in [0.2, 0.25) is 5.91 Å². The summed E-state index contributed by atoms with van der Waals surface area (Å²) in [7, 11) is 1.37. The molecule has 1 aromatic rings. The Labute approximate surface area is 137 Å². The fourth-order valence-corrected chi connectivity index (χ4v) is 2.55. The van der Waals surface area contributed by atoms with Crippen molar-refractivity contribution >= 4 is 29.3 Å². The van der Waals surface area contributed by atoms with Gasteiger partial charge in [0, 0.05) is 24.8 Å². The molecule has 9 heteroatoms.